The standard InChI is InChI=1S/C10H14BrNO3S/c1-2-7-16(14,15)8-6-12-5-3-4-9(11)10(12)13/h3-5H,2,6-8H2,1H3. The van der Waals surface area contributed by atoms with Crippen LogP contribution in [0.2, 0.25) is 0 Å². The lowest BCUT2D eigenvalue weighted by atomic mass is 10.5. The fourth-order valence-corrected chi connectivity index (χ4v) is 3.02. The molecule has 0 aliphatic carbocycles. The van der Waals surface area contributed by atoms with E-state index >= 15 is 0 Å². The first-order valence-electron chi connectivity index (χ1n) is 5.01. The maximum atomic E-state index is 11.6. The van der Waals surface area contributed by atoms with Crippen molar-refractivity contribution in [3.05, 3.63) is 33.2 Å². The molecular weight excluding hydrogens is 294 g/mol. The van der Waals surface area contributed by atoms with E-state index in [0.29, 0.717) is 10.9 Å². The van der Waals surface area contributed by atoms with E-state index in [-0.39, 0.29) is 23.6 Å². The van der Waals surface area contributed by atoms with Crippen molar-refractivity contribution in [1.29, 1.82) is 0 Å². The predicted molar refractivity (Wildman–Crippen MR) is 67.3 cm³/mol. The van der Waals surface area contributed by atoms with Gasteiger partial charge in [-0.15, -0.1) is 0 Å². The van der Waals surface area contributed by atoms with Gasteiger partial charge in [-0.1, -0.05) is 6.92 Å². The first kappa shape index (κ1) is 13.4. The summed E-state index contributed by atoms with van der Waals surface area (Å²) in [7, 11) is -3.03. The molecule has 0 fully saturated rings. The Morgan fingerprint density at radius 2 is 2.06 bits per heavy atom. The lowest BCUT2D eigenvalue weighted by Crippen LogP contribution is -2.24. The Hall–Kier alpha value is -0.620. The summed E-state index contributed by atoms with van der Waals surface area (Å²) in [6.07, 6.45) is 2.20. The van der Waals surface area contributed by atoms with Crippen molar-refractivity contribution in [2.24, 2.45) is 0 Å². The molecule has 0 aliphatic rings. The molecule has 0 saturated heterocycles. The Labute approximate surface area is 103 Å². The van der Waals surface area contributed by atoms with Gasteiger partial charge in [0.25, 0.3) is 5.56 Å². The van der Waals surface area contributed by atoms with Crippen LogP contribution in [-0.2, 0) is 16.4 Å². The molecule has 6 heteroatoms. The maximum absolute atomic E-state index is 11.6. The van der Waals surface area contributed by atoms with Crippen LogP contribution < -0.4 is 5.56 Å². The second-order valence-electron chi connectivity index (χ2n) is 3.51. The zero-order valence-corrected chi connectivity index (χ0v) is 11.4. The van der Waals surface area contributed by atoms with Crippen molar-refractivity contribution >= 4 is 25.8 Å². The summed E-state index contributed by atoms with van der Waals surface area (Å²) in [4.78, 5) is 11.6. The van der Waals surface area contributed by atoms with Gasteiger partial charge in [0.2, 0.25) is 0 Å². The minimum absolute atomic E-state index is 0.0111. The number of aromatic nitrogens is 1. The first-order valence-corrected chi connectivity index (χ1v) is 7.63. The number of pyridine rings is 1. The summed E-state index contributed by atoms with van der Waals surface area (Å²) in [5.74, 6) is 0.187. The number of nitrogens with zero attached hydrogens (tertiary/aromatic N) is 1. The minimum atomic E-state index is -3.03. The van der Waals surface area contributed by atoms with E-state index in [1.807, 2.05) is 6.92 Å². The highest BCUT2D eigenvalue weighted by Gasteiger charge is 2.10. The highest BCUT2D eigenvalue weighted by Crippen LogP contribution is 2.01. The third-order valence-corrected chi connectivity index (χ3v) is 4.57. The van der Waals surface area contributed by atoms with Gasteiger partial charge >= 0.3 is 0 Å². The summed E-state index contributed by atoms with van der Waals surface area (Å²) in [6.45, 7) is 2.03. The van der Waals surface area contributed by atoms with Gasteiger partial charge in [0.05, 0.1) is 10.2 Å². The van der Waals surface area contributed by atoms with Gasteiger partial charge in [-0.25, -0.2) is 8.42 Å². The van der Waals surface area contributed by atoms with Crippen LogP contribution in [0.5, 0.6) is 0 Å². The summed E-state index contributed by atoms with van der Waals surface area (Å²) >= 11 is 3.11. The molecule has 0 aliphatic heterocycles. The molecule has 0 spiro atoms. The SMILES string of the molecule is CCCS(=O)(=O)CCn1cccc(Br)c1=O. The highest BCUT2D eigenvalue weighted by atomic mass is 79.9. The normalized spacial score (nSPS) is 11.6. The molecule has 0 atom stereocenters. The molecule has 0 radical (unpaired) electrons. The lowest BCUT2D eigenvalue weighted by molar-refractivity contribution is 0.585. The van der Waals surface area contributed by atoms with Crippen molar-refractivity contribution in [1.82, 2.24) is 4.57 Å². The Kier molecular flexibility index (Phi) is 4.73. The quantitative estimate of drug-likeness (QED) is 0.827. The van der Waals surface area contributed by atoms with Gasteiger partial charge in [0.1, 0.15) is 0 Å². The molecule has 0 N–H and O–H groups in total. The average molecular weight is 308 g/mol. The third-order valence-electron chi connectivity index (χ3n) is 2.13. The topological polar surface area (TPSA) is 56.1 Å². The van der Waals surface area contributed by atoms with Gasteiger partial charge in [0, 0.05) is 18.5 Å². The first-order chi connectivity index (χ1) is 7.46. The summed E-state index contributed by atoms with van der Waals surface area (Å²) < 4.78 is 24.8. The zero-order valence-electron chi connectivity index (χ0n) is 9.02. The van der Waals surface area contributed by atoms with Crippen molar-refractivity contribution in [2.45, 2.75) is 19.9 Å². The molecule has 0 saturated carbocycles. The molecule has 4 nitrogen and oxygen atoms in total. The Morgan fingerprint density at radius 3 is 2.69 bits per heavy atom. The summed E-state index contributed by atoms with van der Waals surface area (Å²) in [5, 5.41) is 0. The Balaban J connectivity index is 2.76. The van der Waals surface area contributed by atoms with E-state index in [2.05, 4.69) is 15.9 Å². The van der Waals surface area contributed by atoms with Crippen molar-refractivity contribution < 1.29 is 8.42 Å². The second-order valence-corrected chi connectivity index (χ2v) is 6.66. The molecule has 0 bridgehead atoms. The van der Waals surface area contributed by atoms with Crippen LogP contribution in [0.25, 0.3) is 0 Å². The van der Waals surface area contributed by atoms with Crippen LogP contribution in [0.1, 0.15) is 13.3 Å². The van der Waals surface area contributed by atoms with Crippen LogP contribution in [-0.4, -0.2) is 24.5 Å². The van der Waals surface area contributed by atoms with Crippen molar-refractivity contribution in [3.8, 4) is 0 Å². The number of sulfone groups is 1. The van der Waals surface area contributed by atoms with E-state index in [0.717, 1.165) is 0 Å². The fraction of sp³-hybridized carbons (Fsp3) is 0.500. The molecule has 1 rings (SSSR count). The molecule has 1 aromatic heterocycles. The monoisotopic (exact) mass is 307 g/mol. The summed E-state index contributed by atoms with van der Waals surface area (Å²) in [6, 6.07) is 3.34. The van der Waals surface area contributed by atoms with Gasteiger partial charge in [-0.3, -0.25) is 4.79 Å². The number of hydrogen-bond donors (Lipinski definition) is 0. The van der Waals surface area contributed by atoms with Crippen LogP contribution in [0.15, 0.2) is 27.6 Å². The Bertz CT molecular complexity index is 507. The van der Waals surface area contributed by atoms with Crippen molar-refractivity contribution in [3.63, 3.8) is 0 Å². The molecule has 1 heterocycles. The summed E-state index contributed by atoms with van der Waals surface area (Å²) in [5.41, 5.74) is -0.200. The molecule has 0 unspecified atom stereocenters. The molecular formula is C10H14BrNO3S. The molecule has 16 heavy (non-hydrogen) atoms. The maximum Gasteiger partial charge on any atom is 0.264 e. The minimum Gasteiger partial charge on any atom is -0.314 e. The predicted octanol–water partition coefficient (Wildman–Crippen LogP) is 1.44. The van der Waals surface area contributed by atoms with Crippen LogP contribution in [0.4, 0.5) is 0 Å². The number of rotatable bonds is 5. The Morgan fingerprint density at radius 1 is 1.38 bits per heavy atom. The van der Waals surface area contributed by atoms with Crippen LogP contribution in [0.3, 0.4) is 0 Å². The number of hydrogen-bond acceptors (Lipinski definition) is 3. The molecule has 90 valence electrons. The number of halogens is 1. The molecule has 0 amide bonds. The van der Waals surface area contributed by atoms with E-state index in [4.69, 9.17) is 0 Å². The van der Waals surface area contributed by atoms with Gasteiger partial charge in [-0.05, 0) is 34.5 Å². The number of aryl methyl sites for hydroxylation is 1. The lowest BCUT2D eigenvalue weighted by Gasteiger charge is -2.06. The molecule has 1 aromatic rings. The van der Waals surface area contributed by atoms with Gasteiger partial charge in [0.15, 0.2) is 9.84 Å². The van der Waals surface area contributed by atoms with E-state index in [9.17, 15) is 13.2 Å². The smallest absolute Gasteiger partial charge is 0.264 e. The largest absolute Gasteiger partial charge is 0.314 e. The van der Waals surface area contributed by atoms with E-state index in [1.165, 1.54) is 4.57 Å². The van der Waals surface area contributed by atoms with E-state index < -0.39 is 9.84 Å². The van der Waals surface area contributed by atoms with Gasteiger partial charge < -0.3 is 4.57 Å². The van der Waals surface area contributed by atoms with Gasteiger partial charge in [-0.2, -0.15) is 0 Å². The fourth-order valence-electron chi connectivity index (χ4n) is 1.33. The zero-order chi connectivity index (χ0) is 12.2. The average Bonchev–Trinajstić information content (AvgIpc) is 2.20. The highest BCUT2D eigenvalue weighted by molar-refractivity contribution is 9.10. The third kappa shape index (κ3) is 3.75. The van der Waals surface area contributed by atoms with E-state index in [1.54, 1.807) is 18.3 Å². The van der Waals surface area contributed by atoms with Crippen LogP contribution >= 0.6 is 15.9 Å². The molecule has 0 aromatic carbocycles. The second kappa shape index (κ2) is 5.63. The van der Waals surface area contributed by atoms with Crippen molar-refractivity contribution in [2.75, 3.05) is 11.5 Å². The van der Waals surface area contributed by atoms with Crippen LogP contribution in [0, 0.1) is 0 Å².